The fourth-order valence-corrected chi connectivity index (χ4v) is 3.26. The normalized spacial score (nSPS) is 14.9. The average Bonchev–Trinajstić information content (AvgIpc) is 2.69. The van der Waals surface area contributed by atoms with Gasteiger partial charge in [-0.2, -0.15) is 0 Å². The van der Waals surface area contributed by atoms with Crippen molar-refractivity contribution in [3.05, 3.63) is 83.8 Å². The van der Waals surface area contributed by atoms with Gasteiger partial charge in [0.2, 0.25) is 5.82 Å². The number of likely N-dealkylation sites (N-methyl/N-ethyl adjacent to an activating group) is 1. The van der Waals surface area contributed by atoms with Crippen molar-refractivity contribution in [1.29, 1.82) is 0 Å². The van der Waals surface area contributed by atoms with E-state index in [-0.39, 0.29) is 12.5 Å². The van der Waals surface area contributed by atoms with Crippen LogP contribution in [-0.4, -0.2) is 12.6 Å². The number of halogens is 5. The topological polar surface area (TPSA) is 12.0 Å². The third-order valence-electron chi connectivity index (χ3n) is 5.30. The minimum absolute atomic E-state index is 0.266. The highest BCUT2D eigenvalue weighted by molar-refractivity contribution is 5.33. The molecule has 0 aliphatic rings. The van der Waals surface area contributed by atoms with Gasteiger partial charge >= 0.3 is 0 Å². The van der Waals surface area contributed by atoms with Crippen LogP contribution in [0.3, 0.4) is 0 Å². The van der Waals surface area contributed by atoms with Crippen LogP contribution in [0.5, 0.6) is 0 Å². The summed E-state index contributed by atoms with van der Waals surface area (Å²) in [7, 11) is 0. The van der Waals surface area contributed by atoms with E-state index in [1.807, 2.05) is 26.8 Å². The first-order valence-corrected chi connectivity index (χ1v) is 9.39. The molecule has 0 aromatic heterocycles. The van der Waals surface area contributed by atoms with Gasteiger partial charge in [-0.1, -0.05) is 71.2 Å². The van der Waals surface area contributed by atoms with Gasteiger partial charge in [0.15, 0.2) is 23.3 Å². The van der Waals surface area contributed by atoms with Crippen LogP contribution < -0.4 is 5.32 Å². The second kappa shape index (κ2) is 10.5. The van der Waals surface area contributed by atoms with Gasteiger partial charge in [0.25, 0.3) is 0 Å². The number of benzene rings is 1. The summed E-state index contributed by atoms with van der Waals surface area (Å²) < 4.78 is 68.8. The molecule has 160 valence electrons. The zero-order valence-corrected chi connectivity index (χ0v) is 17.3. The molecule has 0 aliphatic heterocycles. The Morgan fingerprint density at radius 2 is 1.48 bits per heavy atom. The Balaban J connectivity index is 3.39. The lowest BCUT2D eigenvalue weighted by Crippen LogP contribution is -2.47. The van der Waals surface area contributed by atoms with E-state index in [1.165, 1.54) is 0 Å². The number of allylic oxidation sites excluding steroid dienone is 4. The van der Waals surface area contributed by atoms with Crippen molar-refractivity contribution in [3.63, 3.8) is 0 Å². The quantitative estimate of drug-likeness (QED) is 0.202. The van der Waals surface area contributed by atoms with Crippen LogP contribution in [0.15, 0.2) is 49.1 Å². The van der Waals surface area contributed by atoms with Crippen molar-refractivity contribution in [2.45, 2.75) is 40.2 Å². The molecule has 1 nitrogen and oxygen atoms in total. The molecule has 2 unspecified atom stereocenters. The molecule has 1 N–H and O–H groups in total. The molecule has 0 bridgehead atoms. The van der Waals surface area contributed by atoms with E-state index in [9.17, 15) is 22.0 Å². The third-order valence-corrected chi connectivity index (χ3v) is 5.30. The predicted molar refractivity (Wildman–Crippen MR) is 108 cm³/mol. The SMILES string of the molecule is C=C/C=C\C(=C/C=C)C(NCC)C(C)(C)C(C)Cc1c(F)c(F)c(F)c(F)c1F. The molecule has 1 rings (SSSR count). The molecule has 0 spiro atoms. The third kappa shape index (κ3) is 5.44. The van der Waals surface area contributed by atoms with Gasteiger partial charge in [0, 0.05) is 11.6 Å². The van der Waals surface area contributed by atoms with Gasteiger partial charge in [0.1, 0.15) is 0 Å². The average molecular weight is 413 g/mol. The molecule has 0 saturated carbocycles. The highest BCUT2D eigenvalue weighted by atomic mass is 19.2. The van der Waals surface area contributed by atoms with Gasteiger partial charge in [-0.15, -0.1) is 0 Å². The molecule has 0 aliphatic carbocycles. The van der Waals surface area contributed by atoms with Gasteiger partial charge < -0.3 is 5.32 Å². The number of nitrogens with one attached hydrogen (secondary N) is 1. The highest BCUT2D eigenvalue weighted by Crippen LogP contribution is 2.38. The highest BCUT2D eigenvalue weighted by Gasteiger charge is 2.37. The van der Waals surface area contributed by atoms with E-state index < -0.39 is 46.0 Å². The Morgan fingerprint density at radius 1 is 0.966 bits per heavy atom. The number of rotatable bonds is 10. The molecule has 0 heterocycles. The molecular formula is C23H28F5N. The van der Waals surface area contributed by atoms with Gasteiger partial charge in [-0.25, -0.2) is 22.0 Å². The molecule has 29 heavy (non-hydrogen) atoms. The number of hydrogen-bond acceptors (Lipinski definition) is 1. The van der Waals surface area contributed by atoms with E-state index in [4.69, 9.17) is 0 Å². The van der Waals surface area contributed by atoms with Crippen molar-refractivity contribution >= 4 is 0 Å². The predicted octanol–water partition coefficient (Wildman–Crippen LogP) is 6.42. The first-order valence-electron chi connectivity index (χ1n) is 9.39. The lowest BCUT2D eigenvalue weighted by molar-refractivity contribution is 0.172. The standard InChI is InChI=1S/C23H28F5N/c1-7-10-12-15(11-8-2)22(29-9-3)23(5,6)14(4)13-16-17(24)19(26)21(28)20(27)18(16)25/h7-8,10-12,14,22,29H,1-2,9,13H2,3-6H3/b12-10-,15-11+. The molecular weight excluding hydrogens is 385 g/mol. The Kier molecular flexibility index (Phi) is 9.02. The summed E-state index contributed by atoms with van der Waals surface area (Å²) in [6.45, 7) is 15.4. The molecule has 0 fully saturated rings. The van der Waals surface area contributed by atoms with Gasteiger partial charge in [-0.3, -0.25) is 0 Å². The molecule has 6 heteroatoms. The Hall–Kier alpha value is -2.21. The van der Waals surface area contributed by atoms with Crippen LogP contribution in [0.1, 0.15) is 33.3 Å². The van der Waals surface area contributed by atoms with Crippen LogP contribution in [0, 0.1) is 40.4 Å². The molecule has 0 radical (unpaired) electrons. The van der Waals surface area contributed by atoms with Crippen LogP contribution in [0.4, 0.5) is 22.0 Å². The van der Waals surface area contributed by atoms with E-state index >= 15 is 0 Å². The van der Waals surface area contributed by atoms with Crippen LogP contribution in [0.25, 0.3) is 0 Å². The fourth-order valence-electron chi connectivity index (χ4n) is 3.26. The summed E-state index contributed by atoms with van der Waals surface area (Å²) in [6.07, 6.45) is 8.33. The van der Waals surface area contributed by atoms with Crippen LogP contribution >= 0.6 is 0 Å². The van der Waals surface area contributed by atoms with E-state index in [2.05, 4.69) is 18.5 Å². The molecule has 1 aromatic rings. The van der Waals surface area contributed by atoms with Crippen molar-refractivity contribution in [2.24, 2.45) is 11.3 Å². The molecule has 2 atom stereocenters. The molecule has 1 aromatic carbocycles. The maximum absolute atomic E-state index is 14.2. The lowest BCUT2D eigenvalue weighted by Gasteiger charge is -2.41. The second-order valence-electron chi connectivity index (χ2n) is 7.46. The summed E-state index contributed by atoms with van der Waals surface area (Å²) in [6, 6.07) is -0.266. The molecule has 0 amide bonds. The van der Waals surface area contributed by atoms with Gasteiger partial charge in [-0.05, 0) is 29.9 Å². The monoisotopic (exact) mass is 413 g/mol. The summed E-state index contributed by atoms with van der Waals surface area (Å²) in [5.74, 6) is -9.99. The Morgan fingerprint density at radius 3 is 1.93 bits per heavy atom. The van der Waals surface area contributed by atoms with Crippen molar-refractivity contribution < 1.29 is 22.0 Å². The summed E-state index contributed by atoms with van der Waals surface area (Å²) >= 11 is 0. The van der Waals surface area contributed by atoms with Crippen molar-refractivity contribution in [1.82, 2.24) is 5.32 Å². The minimum Gasteiger partial charge on any atom is -0.310 e. The Bertz CT molecular complexity index is 779. The minimum atomic E-state index is -2.15. The lowest BCUT2D eigenvalue weighted by atomic mass is 9.69. The first-order chi connectivity index (χ1) is 13.5. The summed E-state index contributed by atoms with van der Waals surface area (Å²) in [5.41, 5.74) is -0.555. The zero-order chi connectivity index (χ0) is 22.4. The largest absolute Gasteiger partial charge is 0.310 e. The number of hydrogen-bond donors (Lipinski definition) is 1. The second-order valence-corrected chi connectivity index (χ2v) is 7.46. The van der Waals surface area contributed by atoms with Crippen LogP contribution in [-0.2, 0) is 6.42 Å². The van der Waals surface area contributed by atoms with Gasteiger partial charge in [0.05, 0.1) is 0 Å². The smallest absolute Gasteiger partial charge is 0.200 e. The zero-order valence-electron chi connectivity index (χ0n) is 17.3. The van der Waals surface area contributed by atoms with E-state index in [0.717, 1.165) is 5.57 Å². The summed E-state index contributed by atoms with van der Waals surface area (Å²) in [4.78, 5) is 0. The Labute approximate surface area is 169 Å². The van der Waals surface area contributed by atoms with E-state index in [0.29, 0.717) is 6.54 Å². The molecule has 0 saturated heterocycles. The van der Waals surface area contributed by atoms with E-state index in [1.54, 1.807) is 31.2 Å². The maximum Gasteiger partial charge on any atom is 0.200 e. The maximum atomic E-state index is 14.2. The van der Waals surface area contributed by atoms with Crippen molar-refractivity contribution in [3.8, 4) is 0 Å². The summed E-state index contributed by atoms with van der Waals surface area (Å²) in [5, 5.41) is 3.35. The van der Waals surface area contributed by atoms with Crippen molar-refractivity contribution in [2.75, 3.05) is 6.54 Å². The first kappa shape index (κ1) is 24.8. The fraction of sp³-hybridized carbons (Fsp3) is 0.391. The van der Waals surface area contributed by atoms with Crippen LogP contribution in [0.2, 0.25) is 0 Å².